The SMILES string of the molecule is COc1cc(/C=C2/N=C(c3ccccc3Cl)NC2=O)cc(OC)c1. The highest BCUT2D eigenvalue weighted by Gasteiger charge is 2.22. The fourth-order valence-corrected chi connectivity index (χ4v) is 2.55. The highest BCUT2D eigenvalue weighted by Crippen LogP contribution is 2.25. The van der Waals surface area contributed by atoms with Gasteiger partial charge in [0, 0.05) is 11.6 Å². The molecular weight excluding hydrogens is 328 g/mol. The van der Waals surface area contributed by atoms with E-state index in [0.29, 0.717) is 33.6 Å². The molecule has 1 amide bonds. The van der Waals surface area contributed by atoms with Gasteiger partial charge in [0.25, 0.3) is 5.91 Å². The topological polar surface area (TPSA) is 59.9 Å². The Morgan fingerprint density at radius 2 is 1.75 bits per heavy atom. The van der Waals surface area contributed by atoms with Crippen LogP contribution in [0.2, 0.25) is 5.02 Å². The van der Waals surface area contributed by atoms with E-state index in [9.17, 15) is 4.79 Å². The van der Waals surface area contributed by atoms with Crippen molar-refractivity contribution < 1.29 is 14.3 Å². The van der Waals surface area contributed by atoms with E-state index in [4.69, 9.17) is 21.1 Å². The number of hydrogen-bond acceptors (Lipinski definition) is 4. The van der Waals surface area contributed by atoms with Crippen molar-refractivity contribution in [1.29, 1.82) is 0 Å². The van der Waals surface area contributed by atoms with Crippen LogP contribution in [0, 0.1) is 0 Å². The van der Waals surface area contributed by atoms with Crippen molar-refractivity contribution in [3.63, 3.8) is 0 Å². The second-order valence-electron chi connectivity index (χ2n) is 5.07. The van der Waals surface area contributed by atoms with Crippen LogP contribution in [-0.4, -0.2) is 26.0 Å². The lowest BCUT2D eigenvalue weighted by atomic mass is 10.1. The smallest absolute Gasteiger partial charge is 0.275 e. The molecule has 0 bridgehead atoms. The summed E-state index contributed by atoms with van der Waals surface area (Å²) >= 11 is 6.15. The third kappa shape index (κ3) is 3.26. The van der Waals surface area contributed by atoms with Gasteiger partial charge < -0.3 is 14.8 Å². The van der Waals surface area contributed by atoms with Crippen molar-refractivity contribution in [1.82, 2.24) is 5.32 Å². The summed E-state index contributed by atoms with van der Waals surface area (Å²) in [5.74, 6) is 1.42. The van der Waals surface area contributed by atoms with Gasteiger partial charge in [-0.3, -0.25) is 4.79 Å². The third-order valence-electron chi connectivity index (χ3n) is 3.50. The van der Waals surface area contributed by atoms with E-state index in [-0.39, 0.29) is 5.91 Å². The molecule has 0 radical (unpaired) electrons. The molecule has 0 unspecified atom stereocenters. The van der Waals surface area contributed by atoms with Gasteiger partial charge in [0.15, 0.2) is 0 Å². The molecule has 0 atom stereocenters. The molecule has 6 heteroatoms. The van der Waals surface area contributed by atoms with Gasteiger partial charge in [-0.15, -0.1) is 0 Å². The first-order chi connectivity index (χ1) is 11.6. The molecule has 0 aromatic heterocycles. The van der Waals surface area contributed by atoms with E-state index in [1.807, 2.05) is 12.1 Å². The lowest BCUT2D eigenvalue weighted by Gasteiger charge is -2.05. The second-order valence-corrected chi connectivity index (χ2v) is 5.48. The zero-order valence-electron chi connectivity index (χ0n) is 13.2. The van der Waals surface area contributed by atoms with Gasteiger partial charge in [0.2, 0.25) is 0 Å². The van der Waals surface area contributed by atoms with Crippen LogP contribution in [0.4, 0.5) is 0 Å². The Bertz CT molecular complexity index is 837. The average molecular weight is 343 g/mol. The molecule has 0 aliphatic carbocycles. The quantitative estimate of drug-likeness (QED) is 0.867. The second kappa shape index (κ2) is 6.76. The Balaban J connectivity index is 1.99. The van der Waals surface area contributed by atoms with E-state index in [2.05, 4.69) is 10.3 Å². The van der Waals surface area contributed by atoms with Gasteiger partial charge in [-0.25, -0.2) is 4.99 Å². The lowest BCUT2D eigenvalue weighted by molar-refractivity contribution is -0.115. The van der Waals surface area contributed by atoms with E-state index in [1.54, 1.807) is 50.6 Å². The van der Waals surface area contributed by atoms with Crippen molar-refractivity contribution in [2.75, 3.05) is 14.2 Å². The molecule has 0 saturated carbocycles. The largest absolute Gasteiger partial charge is 0.497 e. The number of nitrogens with zero attached hydrogens (tertiary/aromatic N) is 1. The molecule has 2 aromatic rings. The van der Waals surface area contributed by atoms with Crippen molar-refractivity contribution >= 4 is 29.4 Å². The molecule has 122 valence electrons. The maximum Gasteiger partial charge on any atom is 0.275 e. The molecule has 24 heavy (non-hydrogen) atoms. The molecule has 1 aliphatic heterocycles. The molecule has 5 nitrogen and oxygen atoms in total. The average Bonchev–Trinajstić information content (AvgIpc) is 2.95. The summed E-state index contributed by atoms with van der Waals surface area (Å²) < 4.78 is 10.5. The van der Waals surface area contributed by atoms with Crippen LogP contribution < -0.4 is 14.8 Å². The normalized spacial score (nSPS) is 15.2. The molecule has 3 rings (SSSR count). The van der Waals surface area contributed by atoms with Crippen LogP contribution in [0.15, 0.2) is 53.2 Å². The fraction of sp³-hybridized carbons (Fsp3) is 0.111. The van der Waals surface area contributed by atoms with E-state index >= 15 is 0 Å². The first kappa shape index (κ1) is 16.1. The summed E-state index contributed by atoms with van der Waals surface area (Å²) in [5.41, 5.74) is 1.72. The summed E-state index contributed by atoms with van der Waals surface area (Å²) in [6.45, 7) is 0. The maximum atomic E-state index is 12.2. The van der Waals surface area contributed by atoms with Crippen molar-refractivity contribution in [3.05, 3.63) is 64.3 Å². The molecule has 1 heterocycles. The minimum atomic E-state index is -0.285. The number of carbonyl (C=O) groups excluding carboxylic acids is 1. The highest BCUT2D eigenvalue weighted by atomic mass is 35.5. The summed E-state index contributed by atoms with van der Waals surface area (Å²) in [7, 11) is 3.14. The van der Waals surface area contributed by atoms with Crippen LogP contribution in [0.1, 0.15) is 11.1 Å². The first-order valence-corrected chi connectivity index (χ1v) is 7.58. The van der Waals surface area contributed by atoms with Crippen LogP contribution in [-0.2, 0) is 4.79 Å². The number of nitrogens with one attached hydrogen (secondary N) is 1. The predicted octanol–water partition coefficient (Wildman–Crippen LogP) is 3.27. The zero-order valence-corrected chi connectivity index (χ0v) is 13.9. The number of amides is 1. The predicted molar refractivity (Wildman–Crippen MR) is 93.7 cm³/mol. The van der Waals surface area contributed by atoms with E-state index in [1.165, 1.54) is 0 Å². The Labute approximate surface area is 144 Å². The van der Waals surface area contributed by atoms with Gasteiger partial charge in [0.05, 0.1) is 19.2 Å². The van der Waals surface area contributed by atoms with E-state index < -0.39 is 0 Å². The Morgan fingerprint density at radius 3 is 2.38 bits per heavy atom. The summed E-state index contributed by atoms with van der Waals surface area (Å²) in [6.07, 6.45) is 1.67. The number of methoxy groups -OCH3 is 2. The summed E-state index contributed by atoms with van der Waals surface area (Å²) in [5, 5.41) is 3.26. The van der Waals surface area contributed by atoms with Crippen molar-refractivity contribution in [2.45, 2.75) is 0 Å². The fourth-order valence-electron chi connectivity index (χ4n) is 2.32. The molecule has 0 spiro atoms. The Hall–Kier alpha value is -2.79. The standard InChI is InChI=1S/C18H15ClN2O3/c1-23-12-7-11(8-13(10-12)24-2)9-16-18(22)21-17(20-16)14-5-3-4-6-15(14)19/h3-10H,1-2H3,(H,20,21,22)/b16-9+. The number of benzene rings is 2. The lowest BCUT2D eigenvalue weighted by Crippen LogP contribution is -2.24. The molecule has 0 fully saturated rings. The van der Waals surface area contributed by atoms with Crippen LogP contribution in [0.25, 0.3) is 6.08 Å². The van der Waals surface area contributed by atoms with Crippen LogP contribution in [0.5, 0.6) is 11.5 Å². The number of halogens is 1. The van der Waals surface area contributed by atoms with Crippen molar-refractivity contribution in [2.24, 2.45) is 4.99 Å². The first-order valence-electron chi connectivity index (χ1n) is 7.20. The maximum absolute atomic E-state index is 12.2. The number of amidine groups is 1. The van der Waals surface area contributed by atoms with Gasteiger partial charge in [-0.05, 0) is 35.9 Å². The Kier molecular flexibility index (Phi) is 4.53. The molecule has 0 saturated heterocycles. The Morgan fingerprint density at radius 1 is 1.08 bits per heavy atom. The minimum Gasteiger partial charge on any atom is -0.497 e. The van der Waals surface area contributed by atoms with Gasteiger partial charge in [-0.1, -0.05) is 23.7 Å². The number of hydrogen-bond donors (Lipinski definition) is 1. The number of carbonyl (C=O) groups is 1. The molecule has 2 aromatic carbocycles. The third-order valence-corrected chi connectivity index (χ3v) is 3.83. The van der Waals surface area contributed by atoms with E-state index in [0.717, 1.165) is 5.56 Å². The van der Waals surface area contributed by atoms with Crippen molar-refractivity contribution in [3.8, 4) is 11.5 Å². The monoisotopic (exact) mass is 342 g/mol. The summed E-state index contributed by atoms with van der Waals surface area (Å²) in [4.78, 5) is 16.5. The zero-order chi connectivity index (χ0) is 17.1. The number of ether oxygens (including phenoxy) is 2. The summed E-state index contributed by atoms with van der Waals surface area (Å²) in [6, 6.07) is 12.6. The van der Waals surface area contributed by atoms with Gasteiger partial charge in [-0.2, -0.15) is 0 Å². The minimum absolute atomic E-state index is 0.285. The highest BCUT2D eigenvalue weighted by molar-refractivity contribution is 6.35. The van der Waals surface area contributed by atoms with Gasteiger partial charge >= 0.3 is 0 Å². The van der Waals surface area contributed by atoms with Gasteiger partial charge in [0.1, 0.15) is 23.0 Å². The molecule has 1 aliphatic rings. The number of rotatable bonds is 4. The molecular formula is C18H15ClN2O3. The molecule has 1 N–H and O–H groups in total. The van der Waals surface area contributed by atoms with Crippen LogP contribution in [0.3, 0.4) is 0 Å². The van der Waals surface area contributed by atoms with Crippen LogP contribution >= 0.6 is 11.6 Å². The number of aliphatic imine (C=N–C) groups is 1.